The van der Waals surface area contributed by atoms with E-state index in [0.717, 1.165) is 13.0 Å². The molecule has 1 rings (SSSR count). The van der Waals surface area contributed by atoms with Crippen LogP contribution in [-0.4, -0.2) is 29.0 Å². The van der Waals surface area contributed by atoms with Gasteiger partial charge in [-0.1, -0.05) is 6.92 Å². The normalized spacial score (nSPS) is 19.5. The van der Waals surface area contributed by atoms with Gasteiger partial charge in [0.15, 0.2) is 0 Å². The average Bonchev–Trinajstić information content (AvgIpc) is 1.95. The van der Waals surface area contributed by atoms with Gasteiger partial charge in [-0.05, 0) is 20.3 Å². The SMILES string of the molecule is CCCN1C(N)=NC(N)=NC1(C)C.Cl. The van der Waals surface area contributed by atoms with Crippen molar-refractivity contribution in [2.75, 3.05) is 6.54 Å². The number of hydrogen-bond acceptors (Lipinski definition) is 5. The van der Waals surface area contributed by atoms with Gasteiger partial charge in [-0.3, -0.25) is 0 Å². The molecule has 0 fully saturated rings. The van der Waals surface area contributed by atoms with Crippen LogP contribution in [0.3, 0.4) is 0 Å². The van der Waals surface area contributed by atoms with Gasteiger partial charge in [0.2, 0.25) is 11.9 Å². The Bertz CT molecular complexity index is 258. The molecule has 1 aliphatic heterocycles. The van der Waals surface area contributed by atoms with Crippen LogP contribution in [0.25, 0.3) is 0 Å². The third-order valence-corrected chi connectivity index (χ3v) is 2.00. The van der Waals surface area contributed by atoms with E-state index in [9.17, 15) is 0 Å². The fourth-order valence-electron chi connectivity index (χ4n) is 1.44. The number of nitrogens with zero attached hydrogens (tertiary/aromatic N) is 3. The van der Waals surface area contributed by atoms with Gasteiger partial charge in [0.25, 0.3) is 0 Å². The number of hydrogen-bond donors (Lipinski definition) is 2. The third-order valence-electron chi connectivity index (χ3n) is 2.00. The highest BCUT2D eigenvalue weighted by Gasteiger charge is 2.30. The molecule has 82 valence electrons. The van der Waals surface area contributed by atoms with Crippen LogP contribution in [0.1, 0.15) is 27.2 Å². The van der Waals surface area contributed by atoms with E-state index < -0.39 is 0 Å². The first-order chi connectivity index (χ1) is 5.97. The van der Waals surface area contributed by atoms with E-state index in [2.05, 4.69) is 16.9 Å². The van der Waals surface area contributed by atoms with Crippen LogP contribution in [0.2, 0.25) is 0 Å². The molecular formula is C8H18ClN5. The Labute approximate surface area is 90.7 Å². The average molecular weight is 220 g/mol. The van der Waals surface area contributed by atoms with E-state index >= 15 is 0 Å². The first-order valence-electron chi connectivity index (χ1n) is 4.44. The number of guanidine groups is 2. The molecule has 1 heterocycles. The molecule has 0 saturated heterocycles. The summed E-state index contributed by atoms with van der Waals surface area (Å²) in [5, 5.41) is 0. The molecule has 0 bridgehead atoms. The van der Waals surface area contributed by atoms with Crippen molar-refractivity contribution in [2.24, 2.45) is 21.5 Å². The second-order valence-electron chi connectivity index (χ2n) is 3.59. The molecule has 5 nitrogen and oxygen atoms in total. The zero-order valence-electron chi connectivity index (χ0n) is 8.82. The lowest BCUT2D eigenvalue weighted by molar-refractivity contribution is 0.218. The van der Waals surface area contributed by atoms with E-state index in [1.807, 2.05) is 18.7 Å². The quantitative estimate of drug-likeness (QED) is 0.710. The summed E-state index contributed by atoms with van der Waals surface area (Å²) in [4.78, 5) is 10.1. The van der Waals surface area contributed by atoms with Crippen LogP contribution in [0, 0.1) is 0 Å². The molecule has 0 unspecified atom stereocenters. The first kappa shape index (κ1) is 13.0. The van der Waals surface area contributed by atoms with E-state index in [4.69, 9.17) is 11.5 Å². The van der Waals surface area contributed by atoms with Crippen molar-refractivity contribution in [2.45, 2.75) is 32.9 Å². The Hall–Kier alpha value is -0.970. The highest BCUT2D eigenvalue weighted by Crippen LogP contribution is 2.19. The predicted octanol–water partition coefficient (Wildman–Crippen LogP) is 0.499. The van der Waals surface area contributed by atoms with Crippen LogP contribution in [0.4, 0.5) is 0 Å². The molecule has 0 amide bonds. The number of rotatable bonds is 2. The Kier molecular flexibility index (Phi) is 4.19. The molecule has 0 radical (unpaired) electrons. The van der Waals surface area contributed by atoms with Crippen LogP contribution < -0.4 is 11.5 Å². The van der Waals surface area contributed by atoms with Crippen molar-refractivity contribution in [3.8, 4) is 0 Å². The molecular weight excluding hydrogens is 202 g/mol. The summed E-state index contributed by atoms with van der Waals surface area (Å²) in [5.74, 6) is 0.717. The maximum absolute atomic E-state index is 5.75. The van der Waals surface area contributed by atoms with Crippen LogP contribution >= 0.6 is 12.4 Å². The van der Waals surface area contributed by atoms with Crippen molar-refractivity contribution in [1.29, 1.82) is 0 Å². The Morgan fingerprint density at radius 3 is 2.36 bits per heavy atom. The van der Waals surface area contributed by atoms with Gasteiger partial charge in [-0.25, -0.2) is 4.99 Å². The minimum atomic E-state index is -0.369. The minimum Gasteiger partial charge on any atom is -0.369 e. The standard InChI is InChI=1S/C8H17N5.ClH/c1-4-5-13-7(10)11-6(9)12-8(13,2)3;/h4-5H2,1-3H3,(H4,9,10,11,12);1H. The summed E-state index contributed by atoms with van der Waals surface area (Å²) in [6, 6.07) is 0. The van der Waals surface area contributed by atoms with Crippen molar-refractivity contribution >= 4 is 24.3 Å². The molecule has 4 N–H and O–H groups in total. The lowest BCUT2D eigenvalue weighted by atomic mass is 10.2. The van der Waals surface area contributed by atoms with Crippen molar-refractivity contribution < 1.29 is 0 Å². The predicted molar refractivity (Wildman–Crippen MR) is 61.6 cm³/mol. The second kappa shape index (κ2) is 4.50. The molecule has 0 spiro atoms. The van der Waals surface area contributed by atoms with Gasteiger partial charge in [0.05, 0.1) is 0 Å². The van der Waals surface area contributed by atoms with Gasteiger partial charge in [0, 0.05) is 6.54 Å². The Morgan fingerprint density at radius 1 is 1.36 bits per heavy atom. The van der Waals surface area contributed by atoms with Crippen LogP contribution in [-0.2, 0) is 0 Å². The number of nitrogens with two attached hydrogens (primary N) is 2. The molecule has 0 aromatic rings. The highest BCUT2D eigenvalue weighted by atomic mass is 35.5. The Morgan fingerprint density at radius 2 is 1.93 bits per heavy atom. The Balaban J connectivity index is 0.00000169. The summed E-state index contributed by atoms with van der Waals surface area (Å²) in [7, 11) is 0. The van der Waals surface area contributed by atoms with E-state index in [-0.39, 0.29) is 24.0 Å². The molecule has 0 aliphatic carbocycles. The largest absolute Gasteiger partial charge is 0.369 e. The molecule has 0 aromatic heterocycles. The highest BCUT2D eigenvalue weighted by molar-refractivity contribution is 5.95. The van der Waals surface area contributed by atoms with Crippen molar-refractivity contribution in [1.82, 2.24) is 4.90 Å². The molecule has 0 aromatic carbocycles. The molecule has 0 saturated carbocycles. The van der Waals surface area contributed by atoms with E-state index in [1.165, 1.54) is 0 Å². The van der Waals surface area contributed by atoms with Gasteiger partial charge >= 0.3 is 0 Å². The van der Waals surface area contributed by atoms with Gasteiger partial charge in [0.1, 0.15) is 5.66 Å². The number of halogens is 1. The van der Waals surface area contributed by atoms with Crippen molar-refractivity contribution in [3.05, 3.63) is 0 Å². The van der Waals surface area contributed by atoms with Gasteiger partial charge in [-0.2, -0.15) is 4.99 Å². The molecule has 6 heteroatoms. The zero-order chi connectivity index (χ0) is 10.1. The lowest BCUT2D eigenvalue weighted by Gasteiger charge is -2.38. The summed E-state index contributed by atoms with van der Waals surface area (Å²) in [6.45, 7) is 6.87. The lowest BCUT2D eigenvalue weighted by Crippen LogP contribution is -2.54. The molecule has 0 atom stereocenters. The maximum Gasteiger partial charge on any atom is 0.220 e. The summed E-state index contributed by atoms with van der Waals surface area (Å²) >= 11 is 0. The minimum absolute atomic E-state index is 0. The fraction of sp³-hybridized carbons (Fsp3) is 0.750. The second-order valence-corrected chi connectivity index (χ2v) is 3.59. The van der Waals surface area contributed by atoms with Gasteiger partial charge in [-0.15, -0.1) is 12.4 Å². The zero-order valence-corrected chi connectivity index (χ0v) is 9.64. The fourth-order valence-corrected chi connectivity index (χ4v) is 1.44. The summed E-state index contributed by atoms with van der Waals surface area (Å²) < 4.78 is 0. The maximum atomic E-state index is 5.75. The molecule has 1 aliphatic rings. The first-order valence-corrected chi connectivity index (χ1v) is 4.44. The summed E-state index contributed by atoms with van der Waals surface area (Å²) in [6.07, 6.45) is 1.01. The monoisotopic (exact) mass is 219 g/mol. The third kappa shape index (κ3) is 2.51. The van der Waals surface area contributed by atoms with Crippen LogP contribution in [0.15, 0.2) is 9.98 Å². The molecule has 14 heavy (non-hydrogen) atoms. The van der Waals surface area contributed by atoms with E-state index in [1.54, 1.807) is 0 Å². The summed E-state index contributed by atoms with van der Waals surface area (Å²) in [5.41, 5.74) is 10.9. The van der Waals surface area contributed by atoms with E-state index in [0.29, 0.717) is 5.96 Å². The van der Waals surface area contributed by atoms with Gasteiger partial charge < -0.3 is 16.4 Å². The smallest absolute Gasteiger partial charge is 0.220 e. The number of aliphatic imine (C=N–C) groups is 2. The van der Waals surface area contributed by atoms with Crippen LogP contribution in [0.5, 0.6) is 0 Å². The topological polar surface area (TPSA) is 80.0 Å². The van der Waals surface area contributed by atoms with Crippen molar-refractivity contribution in [3.63, 3.8) is 0 Å².